The van der Waals surface area contributed by atoms with E-state index in [1.54, 1.807) is 24.3 Å². The summed E-state index contributed by atoms with van der Waals surface area (Å²) in [6.45, 7) is 6.03. The van der Waals surface area contributed by atoms with Gasteiger partial charge in [-0.25, -0.2) is 4.79 Å². The van der Waals surface area contributed by atoms with Gasteiger partial charge in [0.1, 0.15) is 0 Å². The fourth-order valence-corrected chi connectivity index (χ4v) is 3.59. The zero-order chi connectivity index (χ0) is 21.3. The van der Waals surface area contributed by atoms with Crippen molar-refractivity contribution in [3.8, 4) is 5.69 Å². The second-order valence-electron chi connectivity index (χ2n) is 7.81. The molecule has 3 amide bonds. The first-order valence-corrected chi connectivity index (χ1v) is 10.2. The highest BCUT2D eigenvalue weighted by molar-refractivity contribution is 6.05. The number of para-hydroxylation sites is 1. The molecular formula is C24H26N4O2. The molecule has 2 aromatic carbocycles. The van der Waals surface area contributed by atoms with E-state index in [1.165, 1.54) is 0 Å². The lowest BCUT2D eigenvalue weighted by Crippen LogP contribution is -2.30. The van der Waals surface area contributed by atoms with Crippen molar-refractivity contribution in [2.75, 3.05) is 10.6 Å². The van der Waals surface area contributed by atoms with Crippen LogP contribution in [-0.2, 0) is 0 Å². The minimum absolute atomic E-state index is 0.157. The molecule has 1 fully saturated rings. The third-order valence-electron chi connectivity index (χ3n) is 5.35. The van der Waals surface area contributed by atoms with Gasteiger partial charge >= 0.3 is 6.03 Å². The molecule has 6 heteroatoms. The number of urea groups is 1. The van der Waals surface area contributed by atoms with Crippen molar-refractivity contribution in [2.45, 2.75) is 39.7 Å². The van der Waals surface area contributed by atoms with Gasteiger partial charge in [-0.3, -0.25) is 4.79 Å². The minimum Gasteiger partial charge on any atom is -0.335 e. The van der Waals surface area contributed by atoms with Crippen molar-refractivity contribution in [2.24, 2.45) is 0 Å². The average Bonchev–Trinajstić information content (AvgIpc) is 3.47. The number of rotatable bonds is 5. The number of benzene rings is 2. The van der Waals surface area contributed by atoms with E-state index in [0.717, 1.165) is 35.5 Å². The molecule has 4 rings (SSSR count). The van der Waals surface area contributed by atoms with Crippen molar-refractivity contribution >= 4 is 23.3 Å². The number of nitrogens with zero attached hydrogens (tertiary/aromatic N) is 1. The molecular weight excluding hydrogens is 376 g/mol. The van der Waals surface area contributed by atoms with Crippen LogP contribution in [-0.4, -0.2) is 22.5 Å². The summed E-state index contributed by atoms with van der Waals surface area (Å²) in [7, 11) is 0. The number of aryl methyl sites for hydroxylation is 2. The maximum Gasteiger partial charge on any atom is 0.319 e. The second-order valence-corrected chi connectivity index (χ2v) is 7.81. The number of amides is 3. The topological polar surface area (TPSA) is 75.2 Å². The Morgan fingerprint density at radius 3 is 2.17 bits per heavy atom. The molecule has 0 saturated heterocycles. The summed E-state index contributed by atoms with van der Waals surface area (Å²) >= 11 is 0. The lowest BCUT2D eigenvalue weighted by atomic mass is 10.2. The van der Waals surface area contributed by atoms with E-state index in [4.69, 9.17) is 0 Å². The molecule has 1 aromatic heterocycles. The Morgan fingerprint density at radius 1 is 0.900 bits per heavy atom. The summed E-state index contributed by atoms with van der Waals surface area (Å²) in [4.78, 5) is 24.7. The number of anilines is 2. The molecule has 1 aliphatic carbocycles. The maximum absolute atomic E-state index is 12.9. The van der Waals surface area contributed by atoms with Gasteiger partial charge in [-0.05, 0) is 75.6 Å². The number of hydrogen-bond donors (Lipinski definition) is 3. The van der Waals surface area contributed by atoms with Crippen LogP contribution in [0.25, 0.3) is 5.69 Å². The first-order chi connectivity index (χ1) is 14.4. The first kappa shape index (κ1) is 19.8. The van der Waals surface area contributed by atoms with Gasteiger partial charge in [0.25, 0.3) is 5.91 Å². The van der Waals surface area contributed by atoms with E-state index in [9.17, 15) is 9.59 Å². The highest BCUT2D eigenvalue weighted by Gasteiger charge is 2.23. The van der Waals surface area contributed by atoms with Crippen molar-refractivity contribution in [3.63, 3.8) is 0 Å². The predicted octanol–water partition coefficient (Wildman–Crippen LogP) is 4.94. The number of carbonyl (C=O) groups excluding carboxylic acids is 2. The fourth-order valence-electron chi connectivity index (χ4n) is 3.59. The highest BCUT2D eigenvalue weighted by atomic mass is 16.2. The van der Waals surface area contributed by atoms with Crippen molar-refractivity contribution < 1.29 is 9.59 Å². The van der Waals surface area contributed by atoms with Gasteiger partial charge in [-0.1, -0.05) is 18.2 Å². The number of aromatic nitrogens is 1. The largest absolute Gasteiger partial charge is 0.335 e. The number of hydrogen-bond acceptors (Lipinski definition) is 2. The lowest BCUT2D eigenvalue weighted by Gasteiger charge is -2.13. The summed E-state index contributed by atoms with van der Waals surface area (Å²) in [6.07, 6.45) is 2.09. The van der Waals surface area contributed by atoms with Crippen LogP contribution in [0.15, 0.2) is 54.6 Å². The zero-order valence-electron chi connectivity index (χ0n) is 17.5. The molecule has 0 atom stereocenters. The smallest absolute Gasteiger partial charge is 0.319 e. The molecule has 1 aliphatic rings. The van der Waals surface area contributed by atoms with Crippen LogP contribution in [0.1, 0.15) is 40.2 Å². The summed E-state index contributed by atoms with van der Waals surface area (Å²) in [6, 6.07) is 17.3. The fraction of sp³-hybridized carbons (Fsp3) is 0.250. The van der Waals surface area contributed by atoms with Crippen LogP contribution in [0, 0.1) is 20.8 Å². The molecule has 1 heterocycles. The van der Waals surface area contributed by atoms with Crippen LogP contribution in [0.5, 0.6) is 0 Å². The van der Waals surface area contributed by atoms with Crippen LogP contribution >= 0.6 is 0 Å². The van der Waals surface area contributed by atoms with Gasteiger partial charge in [-0.2, -0.15) is 0 Å². The van der Waals surface area contributed by atoms with Crippen LogP contribution in [0.3, 0.4) is 0 Å². The molecule has 0 unspecified atom stereocenters. The molecule has 0 radical (unpaired) electrons. The van der Waals surface area contributed by atoms with Crippen LogP contribution < -0.4 is 16.0 Å². The molecule has 1 saturated carbocycles. The van der Waals surface area contributed by atoms with Crippen LogP contribution in [0.4, 0.5) is 16.2 Å². The highest BCUT2D eigenvalue weighted by Crippen LogP contribution is 2.24. The van der Waals surface area contributed by atoms with Crippen molar-refractivity contribution in [3.05, 3.63) is 77.1 Å². The third kappa shape index (κ3) is 4.22. The molecule has 0 bridgehead atoms. The number of nitrogens with one attached hydrogen (secondary N) is 3. The monoisotopic (exact) mass is 402 g/mol. The molecule has 30 heavy (non-hydrogen) atoms. The van der Waals surface area contributed by atoms with Gasteiger partial charge in [0.05, 0.1) is 5.56 Å². The van der Waals surface area contributed by atoms with Crippen molar-refractivity contribution in [1.29, 1.82) is 0 Å². The van der Waals surface area contributed by atoms with Gasteiger partial charge < -0.3 is 20.5 Å². The van der Waals surface area contributed by atoms with Crippen molar-refractivity contribution in [1.82, 2.24) is 9.88 Å². The van der Waals surface area contributed by atoms with E-state index < -0.39 is 0 Å². The van der Waals surface area contributed by atoms with E-state index in [1.807, 2.05) is 32.0 Å². The zero-order valence-corrected chi connectivity index (χ0v) is 17.5. The normalized spacial score (nSPS) is 13.0. The molecule has 0 aliphatic heterocycles. The third-order valence-corrected chi connectivity index (χ3v) is 5.35. The SMILES string of the molecule is Cc1ccccc1-n1c(C)cc(C(=O)Nc2ccc(NC(=O)NC3CC3)cc2)c1C. The Labute approximate surface area is 176 Å². The van der Waals surface area contributed by atoms with E-state index in [-0.39, 0.29) is 11.9 Å². The van der Waals surface area contributed by atoms with E-state index in [2.05, 4.69) is 39.6 Å². The summed E-state index contributed by atoms with van der Waals surface area (Å²) in [5.74, 6) is -0.157. The Kier molecular flexibility index (Phi) is 5.31. The molecule has 0 spiro atoms. The first-order valence-electron chi connectivity index (χ1n) is 10.2. The Balaban J connectivity index is 1.47. The van der Waals surface area contributed by atoms with Crippen LogP contribution in [0.2, 0.25) is 0 Å². The van der Waals surface area contributed by atoms with Gasteiger partial charge in [-0.15, -0.1) is 0 Å². The minimum atomic E-state index is -0.196. The molecule has 6 nitrogen and oxygen atoms in total. The van der Waals surface area contributed by atoms with Gasteiger partial charge in [0.15, 0.2) is 0 Å². The quantitative estimate of drug-likeness (QED) is 0.565. The second kappa shape index (κ2) is 8.06. The molecule has 3 aromatic rings. The van der Waals surface area contributed by atoms with E-state index >= 15 is 0 Å². The Bertz CT molecular complexity index is 1090. The number of carbonyl (C=O) groups is 2. The van der Waals surface area contributed by atoms with E-state index in [0.29, 0.717) is 23.0 Å². The molecule has 3 N–H and O–H groups in total. The predicted molar refractivity (Wildman–Crippen MR) is 120 cm³/mol. The maximum atomic E-state index is 12.9. The standard InChI is InChI=1S/C24H26N4O2/c1-15-6-4-5-7-22(15)28-16(2)14-21(17(28)3)23(29)25-18-8-10-19(11-9-18)26-24(30)27-20-12-13-20/h4-11,14,20H,12-13H2,1-3H3,(H,25,29)(H2,26,27,30). The molecule has 154 valence electrons. The Morgan fingerprint density at radius 2 is 1.53 bits per heavy atom. The van der Waals surface area contributed by atoms with Gasteiger partial charge in [0, 0.05) is 34.5 Å². The average molecular weight is 402 g/mol. The Hall–Kier alpha value is -3.54. The van der Waals surface area contributed by atoms with Gasteiger partial charge in [0.2, 0.25) is 0 Å². The summed E-state index contributed by atoms with van der Waals surface area (Å²) in [5, 5.41) is 8.63. The lowest BCUT2D eigenvalue weighted by molar-refractivity contribution is 0.102. The summed E-state index contributed by atoms with van der Waals surface area (Å²) in [5.41, 5.74) is 6.13. The summed E-state index contributed by atoms with van der Waals surface area (Å²) < 4.78 is 2.11.